The number of hydrogen-bond donors (Lipinski definition) is 3. The number of aryl methyl sites for hydroxylation is 1. The third kappa shape index (κ3) is 4.63. The number of anilines is 1. The van der Waals surface area contributed by atoms with Crippen molar-refractivity contribution in [2.45, 2.75) is 26.4 Å². The van der Waals surface area contributed by atoms with E-state index < -0.39 is 29.7 Å². The lowest BCUT2D eigenvalue weighted by molar-refractivity contribution is -0.125. The topological polar surface area (TPSA) is 127 Å². The quantitative estimate of drug-likeness (QED) is 0.732. The molecule has 0 aliphatic carbocycles. The highest BCUT2D eigenvalue weighted by Gasteiger charge is 2.23. The molecule has 0 unspecified atom stereocenters. The summed E-state index contributed by atoms with van der Waals surface area (Å²) in [6.07, 6.45) is -2.49. The molecule has 4 N–H and O–H groups in total. The van der Waals surface area contributed by atoms with Gasteiger partial charge < -0.3 is 15.8 Å². The van der Waals surface area contributed by atoms with Crippen LogP contribution in [-0.4, -0.2) is 34.1 Å². The van der Waals surface area contributed by atoms with Crippen LogP contribution in [-0.2, 0) is 16.0 Å². The van der Waals surface area contributed by atoms with E-state index in [2.05, 4.69) is 20.3 Å². The molecule has 0 radical (unpaired) electrons. The number of rotatable bonds is 6. The molecule has 1 heterocycles. The Labute approximate surface area is 142 Å². The third-order valence-corrected chi connectivity index (χ3v) is 3.39. The number of hydrogen-bond acceptors (Lipinski definition) is 5. The van der Waals surface area contributed by atoms with Crippen molar-refractivity contribution < 1.29 is 23.5 Å². The van der Waals surface area contributed by atoms with Gasteiger partial charge in [-0.05, 0) is 25.5 Å². The molecule has 1 atom stereocenters. The molecule has 2 amide bonds. The number of ether oxygens (including phenoxy) is 1. The van der Waals surface area contributed by atoms with Crippen molar-refractivity contribution in [1.29, 1.82) is 0 Å². The van der Waals surface area contributed by atoms with Crippen molar-refractivity contribution in [2.24, 2.45) is 5.73 Å². The van der Waals surface area contributed by atoms with Crippen LogP contribution >= 0.6 is 0 Å². The van der Waals surface area contributed by atoms with Gasteiger partial charge in [0.2, 0.25) is 0 Å². The van der Waals surface area contributed by atoms with Gasteiger partial charge in [-0.15, -0.1) is 0 Å². The molecule has 1 aromatic carbocycles. The molecule has 0 saturated heterocycles. The minimum absolute atomic E-state index is 0.162. The van der Waals surface area contributed by atoms with Crippen LogP contribution in [0.2, 0.25) is 0 Å². The monoisotopic (exact) mass is 348 g/mol. The molecule has 2 aromatic rings. The number of nitrogens with one attached hydrogen (secondary N) is 2. The summed E-state index contributed by atoms with van der Waals surface area (Å²) in [7, 11) is 0. The SMILES string of the molecule is Cc1cc(NC(=O)c2c(F)cccc2CC(=O)[C@H](C)OC(N)=O)n[nH]1. The Kier molecular flexibility index (Phi) is 5.48. The fraction of sp³-hybridized carbons (Fsp3) is 0.250. The number of ketones is 1. The normalized spacial score (nSPS) is 11.6. The maximum atomic E-state index is 14.2. The number of Topliss-reactive ketones (excluding diaryl/α,β-unsaturated/α-hetero) is 1. The van der Waals surface area contributed by atoms with Crippen LogP contribution in [0.4, 0.5) is 15.0 Å². The van der Waals surface area contributed by atoms with Gasteiger partial charge in [0, 0.05) is 18.2 Å². The van der Waals surface area contributed by atoms with E-state index in [1.165, 1.54) is 19.1 Å². The standard InChI is InChI=1S/C16H17FN4O4/c1-8-6-13(21-20-8)19-15(23)14-10(4-3-5-11(14)17)7-12(22)9(2)25-16(18)24/h3-6,9H,7H2,1-2H3,(H2,18,24)(H2,19,20,21,23)/t9-/m0/s1. The van der Waals surface area contributed by atoms with E-state index in [9.17, 15) is 18.8 Å². The maximum absolute atomic E-state index is 14.2. The van der Waals surface area contributed by atoms with Crippen molar-refractivity contribution >= 4 is 23.6 Å². The summed E-state index contributed by atoms with van der Waals surface area (Å²) in [4.78, 5) is 35.2. The van der Waals surface area contributed by atoms with Crippen LogP contribution < -0.4 is 11.1 Å². The van der Waals surface area contributed by atoms with Crippen LogP contribution in [0.1, 0.15) is 28.5 Å². The lowest BCUT2D eigenvalue weighted by atomic mass is 9.99. The van der Waals surface area contributed by atoms with Gasteiger partial charge in [-0.3, -0.25) is 14.7 Å². The Morgan fingerprint density at radius 1 is 1.40 bits per heavy atom. The molecule has 2 rings (SSSR count). The largest absolute Gasteiger partial charge is 0.439 e. The van der Waals surface area contributed by atoms with Crippen LogP contribution in [0.5, 0.6) is 0 Å². The number of halogens is 1. The van der Waals surface area contributed by atoms with E-state index in [0.717, 1.165) is 11.8 Å². The van der Waals surface area contributed by atoms with Gasteiger partial charge in [0.1, 0.15) is 5.82 Å². The van der Waals surface area contributed by atoms with Crippen molar-refractivity contribution in [1.82, 2.24) is 10.2 Å². The van der Waals surface area contributed by atoms with Gasteiger partial charge in [0.15, 0.2) is 17.7 Å². The number of nitrogens with two attached hydrogens (primary N) is 1. The fourth-order valence-corrected chi connectivity index (χ4v) is 2.20. The number of aromatic nitrogens is 2. The average Bonchev–Trinajstić information content (AvgIpc) is 2.91. The molecule has 132 valence electrons. The van der Waals surface area contributed by atoms with E-state index in [-0.39, 0.29) is 23.4 Å². The molecule has 0 fully saturated rings. The Morgan fingerprint density at radius 3 is 2.72 bits per heavy atom. The van der Waals surface area contributed by atoms with Gasteiger partial charge in [0.05, 0.1) is 5.56 Å². The number of carbonyl (C=O) groups is 3. The number of benzene rings is 1. The second-order valence-electron chi connectivity index (χ2n) is 5.39. The van der Waals surface area contributed by atoms with Crippen molar-refractivity contribution in [3.8, 4) is 0 Å². The maximum Gasteiger partial charge on any atom is 0.405 e. The minimum atomic E-state index is -1.11. The number of H-pyrrole nitrogens is 1. The van der Waals surface area contributed by atoms with Gasteiger partial charge in [-0.25, -0.2) is 9.18 Å². The lowest BCUT2D eigenvalue weighted by Gasteiger charge is -2.13. The van der Waals surface area contributed by atoms with E-state index >= 15 is 0 Å². The summed E-state index contributed by atoms with van der Waals surface area (Å²) in [6.45, 7) is 3.09. The summed E-state index contributed by atoms with van der Waals surface area (Å²) in [6, 6.07) is 5.52. The summed E-state index contributed by atoms with van der Waals surface area (Å²) >= 11 is 0. The average molecular weight is 348 g/mol. The summed E-state index contributed by atoms with van der Waals surface area (Å²) in [5.41, 5.74) is 5.47. The fourth-order valence-electron chi connectivity index (χ4n) is 2.20. The highest BCUT2D eigenvalue weighted by molar-refractivity contribution is 6.06. The van der Waals surface area contributed by atoms with E-state index in [0.29, 0.717) is 0 Å². The Balaban J connectivity index is 2.22. The van der Waals surface area contributed by atoms with E-state index in [1.54, 1.807) is 13.0 Å². The van der Waals surface area contributed by atoms with E-state index in [1.807, 2.05) is 0 Å². The summed E-state index contributed by atoms with van der Waals surface area (Å²) < 4.78 is 18.8. The van der Waals surface area contributed by atoms with E-state index in [4.69, 9.17) is 5.73 Å². The Morgan fingerprint density at radius 2 is 2.12 bits per heavy atom. The van der Waals surface area contributed by atoms with Gasteiger partial charge in [0.25, 0.3) is 5.91 Å². The molecular weight excluding hydrogens is 331 g/mol. The minimum Gasteiger partial charge on any atom is -0.439 e. The molecule has 0 bridgehead atoms. The van der Waals surface area contributed by atoms with Crippen LogP contribution in [0.25, 0.3) is 0 Å². The van der Waals surface area contributed by atoms with Gasteiger partial charge in [-0.1, -0.05) is 12.1 Å². The second kappa shape index (κ2) is 7.56. The number of nitrogens with zero attached hydrogens (tertiary/aromatic N) is 1. The molecular formula is C16H17FN4O4. The predicted octanol–water partition coefficient (Wildman–Crippen LogP) is 1.70. The smallest absolute Gasteiger partial charge is 0.405 e. The molecule has 0 spiro atoms. The van der Waals surface area contributed by atoms with Gasteiger partial charge in [-0.2, -0.15) is 5.10 Å². The summed E-state index contributed by atoms with van der Waals surface area (Å²) in [5.74, 6) is -1.81. The zero-order valence-electron chi connectivity index (χ0n) is 13.6. The lowest BCUT2D eigenvalue weighted by Crippen LogP contribution is -2.29. The van der Waals surface area contributed by atoms with Crippen molar-refractivity contribution in [3.05, 3.63) is 46.9 Å². The Bertz CT molecular complexity index is 818. The number of aromatic amines is 1. The van der Waals surface area contributed by atoms with Crippen LogP contribution in [0.15, 0.2) is 24.3 Å². The molecule has 25 heavy (non-hydrogen) atoms. The first-order valence-corrected chi connectivity index (χ1v) is 7.37. The van der Waals surface area contributed by atoms with Crippen LogP contribution in [0.3, 0.4) is 0 Å². The zero-order valence-corrected chi connectivity index (χ0v) is 13.6. The zero-order chi connectivity index (χ0) is 18.6. The van der Waals surface area contributed by atoms with Crippen molar-refractivity contribution in [3.63, 3.8) is 0 Å². The van der Waals surface area contributed by atoms with Gasteiger partial charge >= 0.3 is 6.09 Å². The first kappa shape index (κ1) is 18.1. The Hall–Kier alpha value is -3.23. The predicted molar refractivity (Wildman–Crippen MR) is 86.5 cm³/mol. The number of primary amides is 1. The molecule has 9 heteroatoms. The third-order valence-electron chi connectivity index (χ3n) is 3.39. The second-order valence-corrected chi connectivity index (χ2v) is 5.39. The first-order chi connectivity index (χ1) is 11.8. The molecule has 0 aliphatic rings. The molecule has 0 saturated carbocycles. The molecule has 0 aliphatic heterocycles. The highest BCUT2D eigenvalue weighted by atomic mass is 19.1. The highest BCUT2D eigenvalue weighted by Crippen LogP contribution is 2.18. The summed E-state index contributed by atoms with van der Waals surface area (Å²) in [5, 5.41) is 8.95. The van der Waals surface area contributed by atoms with Crippen LogP contribution in [0, 0.1) is 12.7 Å². The number of carbonyl (C=O) groups excluding carboxylic acids is 3. The molecule has 1 aromatic heterocycles. The van der Waals surface area contributed by atoms with Crippen molar-refractivity contribution in [2.75, 3.05) is 5.32 Å². The number of amides is 2. The molecule has 8 nitrogen and oxygen atoms in total. The first-order valence-electron chi connectivity index (χ1n) is 7.37.